The van der Waals surface area contributed by atoms with E-state index in [1.165, 1.54) is 0 Å². The van der Waals surface area contributed by atoms with Crippen LogP contribution in [0.25, 0.3) is 0 Å². The molecule has 1 rings (SSSR count). The van der Waals surface area contributed by atoms with Gasteiger partial charge in [0.15, 0.2) is 5.82 Å². The molecule has 0 aliphatic carbocycles. The SMILES string of the molecule is CCCSCc1noc(COCCN)n1. The van der Waals surface area contributed by atoms with E-state index in [-0.39, 0.29) is 0 Å². The van der Waals surface area contributed by atoms with Gasteiger partial charge < -0.3 is 15.0 Å². The average Bonchev–Trinajstić information content (AvgIpc) is 2.67. The first-order valence-electron chi connectivity index (χ1n) is 5.03. The normalized spacial score (nSPS) is 10.8. The van der Waals surface area contributed by atoms with Crippen LogP contribution >= 0.6 is 11.8 Å². The molecular weight excluding hydrogens is 214 g/mol. The maximum atomic E-state index is 5.28. The van der Waals surface area contributed by atoms with Crippen molar-refractivity contribution >= 4 is 11.8 Å². The summed E-state index contributed by atoms with van der Waals surface area (Å²) in [7, 11) is 0. The second kappa shape index (κ2) is 7.67. The molecule has 0 saturated carbocycles. The Bertz CT molecular complexity index is 243. The number of nitrogens with zero attached hydrogens (tertiary/aromatic N) is 2. The standard InChI is InChI=1S/C9H17N3O2S/c1-2-5-15-7-8-11-9(14-12-8)6-13-4-3-10/h2-7,10H2,1H3. The molecule has 1 aromatic rings. The first kappa shape index (κ1) is 12.5. The van der Waals surface area contributed by atoms with E-state index < -0.39 is 0 Å². The third-order valence-electron chi connectivity index (χ3n) is 1.58. The van der Waals surface area contributed by atoms with Gasteiger partial charge in [0, 0.05) is 6.54 Å². The van der Waals surface area contributed by atoms with Gasteiger partial charge in [-0.3, -0.25) is 0 Å². The quantitative estimate of drug-likeness (QED) is 0.677. The van der Waals surface area contributed by atoms with Gasteiger partial charge in [0.05, 0.1) is 12.4 Å². The molecule has 86 valence electrons. The van der Waals surface area contributed by atoms with Crippen molar-refractivity contribution in [2.75, 3.05) is 18.9 Å². The van der Waals surface area contributed by atoms with Gasteiger partial charge in [0.1, 0.15) is 6.61 Å². The highest BCUT2D eigenvalue weighted by molar-refractivity contribution is 7.98. The van der Waals surface area contributed by atoms with Crippen molar-refractivity contribution in [1.29, 1.82) is 0 Å². The minimum absolute atomic E-state index is 0.350. The van der Waals surface area contributed by atoms with Crippen LogP contribution in [0, 0.1) is 0 Å². The van der Waals surface area contributed by atoms with Crippen LogP contribution < -0.4 is 5.73 Å². The molecule has 2 N–H and O–H groups in total. The van der Waals surface area contributed by atoms with Crippen molar-refractivity contribution in [2.45, 2.75) is 25.7 Å². The highest BCUT2D eigenvalue weighted by Gasteiger charge is 2.05. The van der Waals surface area contributed by atoms with Crippen LogP contribution in [0.5, 0.6) is 0 Å². The third-order valence-corrected chi connectivity index (χ3v) is 2.74. The highest BCUT2D eigenvalue weighted by atomic mass is 32.2. The monoisotopic (exact) mass is 231 g/mol. The van der Waals surface area contributed by atoms with Crippen molar-refractivity contribution in [1.82, 2.24) is 10.1 Å². The lowest BCUT2D eigenvalue weighted by Gasteiger charge is -1.95. The summed E-state index contributed by atoms with van der Waals surface area (Å²) in [5.41, 5.74) is 5.28. The van der Waals surface area contributed by atoms with Crippen molar-refractivity contribution in [3.8, 4) is 0 Å². The lowest BCUT2D eigenvalue weighted by molar-refractivity contribution is 0.104. The predicted octanol–water partition coefficient (Wildman–Crippen LogP) is 1.19. The Hall–Kier alpha value is -0.590. The Morgan fingerprint density at radius 3 is 3.13 bits per heavy atom. The van der Waals surface area contributed by atoms with Gasteiger partial charge >= 0.3 is 0 Å². The molecule has 0 aliphatic heterocycles. The molecule has 0 atom stereocenters. The number of aromatic nitrogens is 2. The van der Waals surface area contributed by atoms with E-state index in [4.69, 9.17) is 15.0 Å². The Morgan fingerprint density at radius 2 is 2.40 bits per heavy atom. The van der Waals surface area contributed by atoms with E-state index in [1.807, 2.05) is 0 Å². The molecule has 5 nitrogen and oxygen atoms in total. The summed E-state index contributed by atoms with van der Waals surface area (Å²) in [5, 5.41) is 3.85. The van der Waals surface area contributed by atoms with Gasteiger partial charge in [0.2, 0.25) is 0 Å². The molecule has 0 saturated heterocycles. The molecule has 0 unspecified atom stereocenters. The maximum absolute atomic E-state index is 5.28. The topological polar surface area (TPSA) is 74.2 Å². The maximum Gasteiger partial charge on any atom is 0.252 e. The number of rotatable bonds is 8. The van der Waals surface area contributed by atoms with Crippen molar-refractivity contribution in [3.05, 3.63) is 11.7 Å². The minimum Gasteiger partial charge on any atom is -0.370 e. The van der Waals surface area contributed by atoms with Crippen LogP contribution in [0.4, 0.5) is 0 Å². The fraction of sp³-hybridized carbons (Fsp3) is 0.778. The number of nitrogens with two attached hydrogens (primary N) is 1. The van der Waals surface area contributed by atoms with Gasteiger partial charge in [0.25, 0.3) is 5.89 Å². The lowest BCUT2D eigenvalue weighted by Crippen LogP contribution is -2.08. The summed E-state index contributed by atoms with van der Waals surface area (Å²) in [6.45, 7) is 3.52. The van der Waals surface area contributed by atoms with E-state index in [0.717, 1.165) is 23.8 Å². The van der Waals surface area contributed by atoms with Crippen LogP contribution in [-0.4, -0.2) is 29.0 Å². The molecule has 0 radical (unpaired) electrons. The Morgan fingerprint density at radius 1 is 1.53 bits per heavy atom. The van der Waals surface area contributed by atoms with Gasteiger partial charge in [-0.1, -0.05) is 12.1 Å². The average molecular weight is 231 g/mol. The second-order valence-electron chi connectivity index (χ2n) is 3.00. The zero-order chi connectivity index (χ0) is 10.9. The van der Waals surface area contributed by atoms with Crippen molar-refractivity contribution in [2.24, 2.45) is 5.73 Å². The van der Waals surface area contributed by atoms with E-state index in [9.17, 15) is 0 Å². The molecule has 0 spiro atoms. The molecule has 0 amide bonds. The molecule has 0 bridgehead atoms. The van der Waals surface area contributed by atoms with E-state index in [2.05, 4.69) is 17.1 Å². The van der Waals surface area contributed by atoms with Crippen molar-refractivity contribution < 1.29 is 9.26 Å². The van der Waals surface area contributed by atoms with Crippen molar-refractivity contribution in [3.63, 3.8) is 0 Å². The molecule has 0 aliphatic rings. The summed E-state index contributed by atoms with van der Waals surface area (Å²) in [6, 6.07) is 0. The van der Waals surface area contributed by atoms with Gasteiger partial charge in [-0.15, -0.1) is 0 Å². The van der Waals surface area contributed by atoms with Crippen LogP contribution in [0.15, 0.2) is 4.52 Å². The minimum atomic E-state index is 0.350. The van der Waals surface area contributed by atoms with E-state index >= 15 is 0 Å². The zero-order valence-electron chi connectivity index (χ0n) is 8.94. The Balaban J connectivity index is 2.23. The molecule has 0 aromatic carbocycles. The fourth-order valence-corrected chi connectivity index (χ4v) is 1.69. The Kier molecular flexibility index (Phi) is 6.38. The highest BCUT2D eigenvalue weighted by Crippen LogP contribution is 2.10. The number of thioether (sulfide) groups is 1. The van der Waals surface area contributed by atoms with Gasteiger partial charge in [-0.2, -0.15) is 16.7 Å². The molecular formula is C9H17N3O2S. The van der Waals surface area contributed by atoms with E-state index in [0.29, 0.717) is 25.6 Å². The third kappa shape index (κ3) is 5.15. The van der Waals surface area contributed by atoms with Crippen LogP contribution in [0.2, 0.25) is 0 Å². The molecule has 1 aromatic heterocycles. The summed E-state index contributed by atoms with van der Waals surface area (Å²) in [6.07, 6.45) is 1.16. The largest absolute Gasteiger partial charge is 0.370 e. The second-order valence-corrected chi connectivity index (χ2v) is 4.10. The van der Waals surface area contributed by atoms with Gasteiger partial charge in [-0.05, 0) is 12.2 Å². The predicted molar refractivity (Wildman–Crippen MR) is 59.5 cm³/mol. The summed E-state index contributed by atoms with van der Waals surface area (Å²) in [5.74, 6) is 3.18. The first-order valence-corrected chi connectivity index (χ1v) is 6.19. The molecule has 6 heteroatoms. The number of hydrogen-bond donors (Lipinski definition) is 1. The summed E-state index contributed by atoms with van der Waals surface area (Å²) >= 11 is 1.80. The number of hydrogen-bond acceptors (Lipinski definition) is 6. The summed E-state index contributed by atoms with van der Waals surface area (Å²) in [4.78, 5) is 4.19. The smallest absolute Gasteiger partial charge is 0.252 e. The Labute approximate surface area is 93.7 Å². The van der Waals surface area contributed by atoms with Gasteiger partial charge in [-0.25, -0.2) is 0 Å². The van der Waals surface area contributed by atoms with E-state index in [1.54, 1.807) is 11.8 Å². The van der Waals surface area contributed by atoms with Crippen LogP contribution in [0.1, 0.15) is 25.1 Å². The summed E-state index contributed by atoms with van der Waals surface area (Å²) < 4.78 is 10.2. The lowest BCUT2D eigenvalue weighted by atomic mass is 10.6. The fourth-order valence-electron chi connectivity index (χ4n) is 0.958. The molecule has 15 heavy (non-hydrogen) atoms. The first-order chi connectivity index (χ1) is 7.36. The van der Waals surface area contributed by atoms with Crippen LogP contribution in [-0.2, 0) is 17.1 Å². The molecule has 1 heterocycles. The number of ether oxygens (including phenoxy) is 1. The molecule has 0 fully saturated rings. The van der Waals surface area contributed by atoms with Crippen LogP contribution in [0.3, 0.4) is 0 Å². The zero-order valence-corrected chi connectivity index (χ0v) is 9.76.